The minimum Gasteiger partial charge on any atom is -0.486 e. The first-order valence-corrected chi connectivity index (χ1v) is 12.6. The number of aromatic nitrogens is 1. The number of nitrogens with zero attached hydrogens (tertiary/aromatic N) is 4. The zero-order chi connectivity index (χ0) is 24.3. The fourth-order valence-corrected chi connectivity index (χ4v) is 5.02. The van der Waals surface area contributed by atoms with Crippen LogP contribution in [0.15, 0.2) is 83.9 Å². The summed E-state index contributed by atoms with van der Waals surface area (Å²) in [6, 6.07) is 27.0. The number of anilines is 1. The summed E-state index contributed by atoms with van der Waals surface area (Å²) in [6.07, 6.45) is 1.70. The molecule has 6 nitrogen and oxygen atoms in total. The molecule has 1 saturated heterocycles. The van der Waals surface area contributed by atoms with Crippen LogP contribution in [0.4, 0.5) is 11.4 Å². The van der Waals surface area contributed by atoms with Crippen LogP contribution in [0.1, 0.15) is 17.4 Å². The first-order valence-electron chi connectivity index (χ1n) is 12.6. The Morgan fingerprint density at radius 3 is 2.64 bits per heavy atom. The van der Waals surface area contributed by atoms with Crippen molar-refractivity contribution in [1.82, 2.24) is 9.88 Å². The largest absolute Gasteiger partial charge is 0.486 e. The molecule has 2 aliphatic heterocycles. The monoisotopic (exact) mass is 478 g/mol. The van der Waals surface area contributed by atoms with Crippen molar-refractivity contribution in [2.45, 2.75) is 13.0 Å². The highest BCUT2D eigenvalue weighted by atomic mass is 16.5. The summed E-state index contributed by atoms with van der Waals surface area (Å²) >= 11 is 0. The van der Waals surface area contributed by atoms with E-state index in [1.54, 1.807) is 0 Å². The summed E-state index contributed by atoms with van der Waals surface area (Å²) in [4.78, 5) is 14.2. The minimum absolute atomic E-state index is 0.105. The Balaban J connectivity index is 1.19. The predicted octanol–water partition coefficient (Wildman–Crippen LogP) is 5.58. The van der Waals surface area contributed by atoms with Gasteiger partial charge >= 0.3 is 0 Å². The second-order valence-corrected chi connectivity index (χ2v) is 9.35. The van der Waals surface area contributed by atoms with Gasteiger partial charge in [0.05, 0.1) is 5.52 Å². The molecule has 1 fully saturated rings. The lowest BCUT2D eigenvalue weighted by Gasteiger charge is -2.38. The molecule has 6 rings (SSSR count). The van der Waals surface area contributed by atoms with E-state index < -0.39 is 0 Å². The number of aryl methyl sites for hydroxylation is 1. The summed E-state index contributed by atoms with van der Waals surface area (Å²) in [5, 5.41) is 1.22. The van der Waals surface area contributed by atoms with Crippen molar-refractivity contribution in [2.24, 2.45) is 4.99 Å². The van der Waals surface area contributed by atoms with Gasteiger partial charge in [-0.05, 0) is 61.0 Å². The summed E-state index contributed by atoms with van der Waals surface area (Å²) in [5.41, 5.74) is 5.35. The summed E-state index contributed by atoms with van der Waals surface area (Å²) in [7, 11) is 0. The van der Waals surface area contributed by atoms with Crippen LogP contribution < -0.4 is 14.4 Å². The summed E-state index contributed by atoms with van der Waals surface area (Å²) in [5.74, 6) is 1.70. The molecule has 1 atom stereocenters. The normalized spacial score (nSPS) is 16.4. The Kier molecular flexibility index (Phi) is 6.26. The number of pyridine rings is 1. The molecule has 0 spiro atoms. The molecule has 182 valence electrons. The van der Waals surface area contributed by atoms with Gasteiger partial charge in [0.2, 0.25) is 0 Å². The van der Waals surface area contributed by atoms with Crippen molar-refractivity contribution in [3.63, 3.8) is 0 Å². The Morgan fingerprint density at radius 1 is 0.917 bits per heavy atom. The average Bonchev–Trinajstić information content (AvgIpc) is 2.93. The molecule has 0 amide bonds. The van der Waals surface area contributed by atoms with E-state index in [4.69, 9.17) is 14.5 Å². The fraction of sp³-hybridized carbons (Fsp3) is 0.267. The van der Waals surface area contributed by atoms with Gasteiger partial charge in [0.15, 0.2) is 0 Å². The van der Waals surface area contributed by atoms with Crippen LogP contribution in [0.3, 0.4) is 0 Å². The van der Waals surface area contributed by atoms with Gasteiger partial charge in [-0.1, -0.05) is 30.3 Å². The van der Waals surface area contributed by atoms with Crippen molar-refractivity contribution in [2.75, 3.05) is 44.2 Å². The third-order valence-electron chi connectivity index (χ3n) is 6.91. The summed E-state index contributed by atoms with van der Waals surface area (Å²) in [6.45, 7) is 7.24. The van der Waals surface area contributed by atoms with E-state index in [1.807, 2.05) is 49.5 Å². The molecule has 3 aromatic carbocycles. The maximum atomic E-state index is 6.52. The van der Waals surface area contributed by atoms with Gasteiger partial charge in [0, 0.05) is 55.7 Å². The average molecular weight is 479 g/mol. The van der Waals surface area contributed by atoms with Crippen LogP contribution in [0.2, 0.25) is 0 Å². The van der Waals surface area contributed by atoms with Crippen molar-refractivity contribution in [3.05, 3.63) is 90.1 Å². The Labute approximate surface area is 211 Å². The topological polar surface area (TPSA) is 50.2 Å². The molecular formula is C30H30N4O2. The zero-order valence-corrected chi connectivity index (χ0v) is 20.5. The van der Waals surface area contributed by atoms with Crippen LogP contribution in [-0.2, 0) is 0 Å². The molecule has 0 bridgehead atoms. The molecule has 36 heavy (non-hydrogen) atoms. The third kappa shape index (κ3) is 4.77. The quantitative estimate of drug-likeness (QED) is 0.362. The number of fused-ring (bicyclic) bond motifs is 2. The third-order valence-corrected chi connectivity index (χ3v) is 6.91. The van der Waals surface area contributed by atoms with E-state index in [0.29, 0.717) is 6.61 Å². The molecule has 1 aromatic heterocycles. The predicted molar refractivity (Wildman–Crippen MR) is 145 cm³/mol. The van der Waals surface area contributed by atoms with Crippen LogP contribution in [-0.4, -0.2) is 55.4 Å². The smallest absolute Gasteiger partial charge is 0.145 e. The van der Waals surface area contributed by atoms with Gasteiger partial charge in [-0.15, -0.1) is 0 Å². The fourth-order valence-electron chi connectivity index (χ4n) is 5.02. The number of hydrogen-bond donors (Lipinski definition) is 0. The molecule has 0 radical (unpaired) electrons. The van der Waals surface area contributed by atoms with Crippen molar-refractivity contribution in [3.8, 4) is 11.5 Å². The number of piperazine rings is 1. The molecule has 1 unspecified atom stereocenters. The molecule has 0 N–H and O–H groups in total. The van der Waals surface area contributed by atoms with Gasteiger partial charge in [0.25, 0.3) is 0 Å². The Hall–Kier alpha value is -3.90. The van der Waals surface area contributed by atoms with Crippen LogP contribution in [0.25, 0.3) is 10.9 Å². The summed E-state index contributed by atoms with van der Waals surface area (Å²) < 4.78 is 12.2. The van der Waals surface area contributed by atoms with Crippen molar-refractivity contribution < 1.29 is 9.47 Å². The SMILES string of the molecule is Cc1ccc2c(N3CCN(CC(Oc4ccccc4)c4ccc5c(c4)N=CCO5)CC3)cccc2n1. The van der Waals surface area contributed by atoms with Crippen LogP contribution in [0, 0.1) is 6.92 Å². The Bertz CT molecular complexity index is 1380. The van der Waals surface area contributed by atoms with Gasteiger partial charge in [-0.2, -0.15) is 0 Å². The number of ether oxygens (including phenoxy) is 2. The second-order valence-electron chi connectivity index (χ2n) is 9.35. The lowest BCUT2D eigenvalue weighted by atomic mass is 10.1. The standard InChI is InChI=1S/C30H30N4O2/c1-22-10-12-25-26(32-22)8-5-9-28(25)34-17-15-33(16-18-34)21-30(36-24-6-3-2-4-7-24)23-11-13-29-27(20-23)31-14-19-35-29/h2-14,20,30H,15-19,21H2,1H3. The van der Waals surface area contributed by atoms with E-state index in [9.17, 15) is 0 Å². The maximum Gasteiger partial charge on any atom is 0.145 e. The molecule has 0 saturated carbocycles. The van der Waals surface area contributed by atoms with Gasteiger partial charge in [0.1, 0.15) is 29.9 Å². The molecule has 0 aliphatic carbocycles. The van der Waals surface area contributed by atoms with Crippen LogP contribution >= 0.6 is 0 Å². The highest BCUT2D eigenvalue weighted by Crippen LogP contribution is 2.34. The molecule has 6 heteroatoms. The van der Waals surface area contributed by atoms with E-state index in [0.717, 1.165) is 66.7 Å². The second kappa shape index (κ2) is 9.99. The number of aliphatic imine (C=N–C) groups is 1. The van der Waals surface area contributed by atoms with Gasteiger partial charge in [-0.3, -0.25) is 14.9 Å². The Morgan fingerprint density at radius 2 is 1.78 bits per heavy atom. The molecular weight excluding hydrogens is 448 g/mol. The first kappa shape index (κ1) is 22.6. The zero-order valence-electron chi connectivity index (χ0n) is 20.5. The lowest BCUT2D eigenvalue weighted by molar-refractivity contribution is 0.129. The molecule has 2 aliphatic rings. The van der Waals surface area contributed by atoms with E-state index >= 15 is 0 Å². The highest BCUT2D eigenvalue weighted by Gasteiger charge is 2.24. The number of para-hydroxylation sites is 1. The maximum absolute atomic E-state index is 6.52. The minimum atomic E-state index is -0.105. The van der Waals surface area contributed by atoms with Crippen molar-refractivity contribution >= 4 is 28.5 Å². The number of rotatable bonds is 6. The van der Waals surface area contributed by atoms with E-state index in [2.05, 4.69) is 57.3 Å². The van der Waals surface area contributed by atoms with Gasteiger partial charge in [-0.25, -0.2) is 0 Å². The van der Waals surface area contributed by atoms with Crippen molar-refractivity contribution in [1.29, 1.82) is 0 Å². The molecule has 3 heterocycles. The first-order chi connectivity index (χ1) is 17.7. The van der Waals surface area contributed by atoms with E-state index in [-0.39, 0.29) is 6.10 Å². The lowest BCUT2D eigenvalue weighted by Crippen LogP contribution is -2.48. The van der Waals surface area contributed by atoms with E-state index in [1.165, 1.54) is 11.1 Å². The van der Waals surface area contributed by atoms with Crippen LogP contribution in [0.5, 0.6) is 11.5 Å². The number of benzene rings is 3. The van der Waals surface area contributed by atoms with Gasteiger partial charge < -0.3 is 14.4 Å². The highest BCUT2D eigenvalue weighted by molar-refractivity contribution is 5.92. The molecule has 4 aromatic rings. The number of hydrogen-bond acceptors (Lipinski definition) is 6.